The molecule has 0 saturated heterocycles. The first-order chi connectivity index (χ1) is 13.6. The zero-order valence-corrected chi connectivity index (χ0v) is 16.1. The van der Waals surface area contributed by atoms with Crippen molar-refractivity contribution in [1.82, 2.24) is 0 Å². The lowest BCUT2D eigenvalue weighted by Gasteiger charge is -2.02. The average molecular weight is 386 g/mol. The summed E-state index contributed by atoms with van der Waals surface area (Å²) in [6, 6.07) is 12.3. The Labute approximate surface area is 163 Å². The van der Waals surface area contributed by atoms with E-state index in [1.165, 1.54) is 6.08 Å². The van der Waals surface area contributed by atoms with E-state index in [0.29, 0.717) is 35.7 Å². The molecule has 3 nitrogen and oxygen atoms in total. The maximum absolute atomic E-state index is 12.6. The molecular formula is C23H24F2O3. The van der Waals surface area contributed by atoms with Gasteiger partial charge in [-0.2, -0.15) is 0 Å². The number of halogens is 2. The van der Waals surface area contributed by atoms with Gasteiger partial charge in [0.1, 0.15) is 17.0 Å². The predicted octanol–water partition coefficient (Wildman–Crippen LogP) is 6.24. The van der Waals surface area contributed by atoms with Crippen LogP contribution in [0.4, 0.5) is 8.78 Å². The molecule has 0 bridgehead atoms. The first-order valence-corrected chi connectivity index (χ1v) is 8.61. The fourth-order valence-corrected chi connectivity index (χ4v) is 2.31. The lowest BCUT2D eigenvalue weighted by Crippen LogP contribution is -2.01. The van der Waals surface area contributed by atoms with Crippen molar-refractivity contribution in [1.29, 1.82) is 0 Å². The molecule has 3 rings (SSSR count). The van der Waals surface area contributed by atoms with Crippen LogP contribution in [0.5, 0.6) is 0 Å². The van der Waals surface area contributed by atoms with E-state index < -0.39 is 5.83 Å². The molecule has 148 valence electrons. The van der Waals surface area contributed by atoms with Gasteiger partial charge in [0.15, 0.2) is 0 Å². The third-order valence-electron chi connectivity index (χ3n) is 3.50. The maximum atomic E-state index is 12.6. The summed E-state index contributed by atoms with van der Waals surface area (Å²) in [5.41, 5.74) is 1.71. The monoisotopic (exact) mass is 386 g/mol. The van der Waals surface area contributed by atoms with Crippen molar-refractivity contribution >= 4 is 28.0 Å². The first-order valence-electron chi connectivity index (χ1n) is 8.61. The van der Waals surface area contributed by atoms with Gasteiger partial charge in [-0.1, -0.05) is 36.9 Å². The highest BCUT2D eigenvalue weighted by Crippen LogP contribution is 2.20. The largest absolute Gasteiger partial charge is 0.456 e. The SMILES string of the molecule is C=C(F)/C=C\c1ccc2oc3ccccc3c(=O)c2c1.C=CCOCC.CF. The Hall–Kier alpha value is -3.05. The van der Waals surface area contributed by atoms with Gasteiger partial charge in [-0.05, 0) is 42.8 Å². The third kappa shape index (κ3) is 6.59. The molecule has 0 aliphatic rings. The summed E-state index contributed by atoms with van der Waals surface area (Å²) in [4.78, 5) is 12.4. The zero-order chi connectivity index (χ0) is 20.9. The first kappa shape index (κ1) is 23.0. The summed E-state index contributed by atoms with van der Waals surface area (Å²) in [7, 11) is 0.500. The molecule has 0 unspecified atom stereocenters. The molecule has 5 heteroatoms. The second-order valence-corrected chi connectivity index (χ2v) is 5.41. The lowest BCUT2D eigenvalue weighted by molar-refractivity contribution is 0.178. The van der Waals surface area contributed by atoms with E-state index in [4.69, 9.17) is 9.15 Å². The van der Waals surface area contributed by atoms with Crippen molar-refractivity contribution in [2.45, 2.75) is 6.92 Å². The summed E-state index contributed by atoms with van der Waals surface area (Å²) in [6.07, 6.45) is 4.56. The van der Waals surface area contributed by atoms with Gasteiger partial charge in [0.05, 0.1) is 24.6 Å². The molecule has 0 aliphatic heterocycles. The quantitative estimate of drug-likeness (QED) is 0.226. The van der Waals surface area contributed by atoms with Crippen LogP contribution in [0.25, 0.3) is 28.0 Å². The molecule has 0 saturated carbocycles. The minimum atomic E-state index is -0.532. The Morgan fingerprint density at radius 2 is 1.82 bits per heavy atom. The smallest absolute Gasteiger partial charge is 0.200 e. The Balaban J connectivity index is 0.000000422. The molecule has 0 aliphatic carbocycles. The lowest BCUT2D eigenvalue weighted by atomic mass is 10.1. The highest BCUT2D eigenvalue weighted by atomic mass is 19.1. The average Bonchev–Trinajstić information content (AvgIpc) is 2.73. The van der Waals surface area contributed by atoms with Crippen LogP contribution in [0.3, 0.4) is 0 Å². The molecule has 28 heavy (non-hydrogen) atoms. The fraction of sp³-hybridized carbons (Fsp3) is 0.174. The van der Waals surface area contributed by atoms with E-state index in [1.807, 2.05) is 13.0 Å². The Morgan fingerprint density at radius 3 is 2.43 bits per heavy atom. The fourth-order valence-electron chi connectivity index (χ4n) is 2.31. The molecule has 0 radical (unpaired) electrons. The number of ether oxygens (including phenoxy) is 1. The van der Waals surface area contributed by atoms with Gasteiger partial charge in [-0.15, -0.1) is 6.58 Å². The number of alkyl halides is 1. The van der Waals surface area contributed by atoms with Crippen LogP contribution in [0.2, 0.25) is 0 Å². The number of allylic oxidation sites excluding steroid dienone is 2. The molecular weight excluding hydrogens is 362 g/mol. The molecule has 1 aromatic heterocycles. The van der Waals surface area contributed by atoms with Crippen LogP contribution in [-0.2, 0) is 4.74 Å². The van der Waals surface area contributed by atoms with E-state index in [2.05, 4.69) is 13.2 Å². The van der Waals surface area contributed by atoms with Crippen molar-refractivity contribution in [2.24, 2.45) is 0 Å². The van der Waals surface area contributed by atoms with Crippen molar-refractivity contribution in [3.63, 3.8) is 0 Å². The Kier molecular flexibility index (Phi) is 10.1. The molecule has 3 aromatic rings. The van der Waals surface area contributed by atoms with Gasteiger partial charge < -0.3 is 9.15 Å². The standard InChI is InChI=1S/C17H11FO2.C5H10O.CH3F/c1-11(18)6-7-12-8-9-16-14(10-12)17(19)13-4-2-3-5-15(13)20-16;1-3-5-6-4-2;1-2/h2-10H,1H2;3H,1,4-5H2,2H3;1H3/b7-6-;;. The highest BCUT2D eigenvalue weighted by molar-refractivity contribution is 5.90. The second kappa shape index (κ2) is 12.4. The van der Waals surface area contributed by atoms with E-state index in [1.54, 1.807) is 48.6 Å². The van der Waals surface area contributed by atoms with Crippen LogP contribution in [0.15, 0.2) is 82.8 Å². The molecule has 1 heterocycles. The molecule has 0 amide bonds. The number of benzene rings is 2. The highest BCUT2D eigenvalue weighted by Gasteiger charge is 2.07. The number of hydrogen-bond donors (Lipinski definition) is 0. The minimum absolute atomic E-state index is 0.0869. The summed E-state index contributed by atoms with van der Waals surface area (Å²) < 4.78 is 32.7. The van der Waals surface area contributed by atoms with E-state index in [-0.39, 0.29) is 5.43 Å². The van der Waals surface area contributed by atoms with Crippen LogP contribution in [-0.4, -0.2) is 20.4 Å². The van der Waals surface area contributed by atoms with E-state index in [0.717, 1.165) is 12.2 Å². The second-order valence-electron chi connectivity index (χ2n) is 5.41. The van der Waals surface area contributed by atoms with Crippen molar-refractivity contribution in [3.8, 4) is 0 Å². The summed E-state index contributed by atoms with van der Waals surface area (Å²) in [5, 5.41) is 1.02. The van der Waals surface area contributed by atoms with Crippen LogP contribution >= 0.6 is 0 Å². The summed E-state index contributed by atoms with van der Waals surface area (Å²) >= 11 is 0. The molecule has 2 aromatic carbocycles. The van der Waals surface area contributed by atoms with Gasteiger partial charge in [-0.25, -0.2) is 4.39 Å². The topological polar surface area (TPSA) is 39.4 Å². The summed E-state index contributed by atoms with van der Waals surface area (Å²) in [6.45, 7) is 10.1. The Bertz CT molecular complexity index is 1000. The van der Waals surface area contributed by atoms with Crippen molar-refractivity contribution in [3.05, 3.63) is 89.4 Å². The Morgan fingerprint density at radius 1 is 1.14 bits per heavy atom. The van der Waals surface area contributed by atoms with E-state index in [9.17, 15) is 13.6 Å². The molecule has 0 atom stereocenters. The number of rotatable bonds is 5. The van der Waals surface area contributed by atoms with Gasteiger partial charge in [0.25, 0.3) is 0 Å². The number of hydrogen-bond acceptors (Lipinski definition) is 3. The van der Waals surface area contributed by atoms with Gasteiger partial charge in [0, 0.05) is 6.61 Å². The number of para-hydroxylation sites is 1. The van der Waals surface area contributed by atoms with Gasteiger partial charge in [-0.3, -0.25) is 9.18 Å². The van der Waals surface area contributed by atoms with E-state index >= 15 is 0 Å². The molecule has 0 spiro atoms. The van der Waals surface area contributed by atoms with Crippen LogP contribution < -0.4 is 5.43 Å². The molecule has 0 N–H and O–H groups in total. The van der Waals surface area contributed by atoms with Crippen molar-refractivity contribution in [2.75, 3.05) is 20.4 Å². The number of fused-ring (bicyclic) bond motifs is 2. The van der Waals surface area contributed by atoms with Gasteiger partial charge in [0.2, 0.25) is 5.43 Å². The third-order valence-corrected chi connectivity index (χ3v) is 3.50. The molecule has 0 fully saturated rings. The zero-order valence-electron chi connectivity index (χ0n) is 16.1. The normalized spacial score (nSPS) is 10.1. The van der Waals surface area contributed by atoms with Crippen LogP contribution in [0.1, 0.15) is 12.5 Å². The minimum Gasteiger partial charge on any atom is -0.456 e. The van der Waals surface area contributed by atoms with Crippen LogP contribution in [0, 0.1) is 0 Å². The van der Waals surface area contributed by atoms with Crippen molar-refractivity contribution < 1.29 is 17.9 Å². The summed E-state index contributed by atoms with van der Waals surface area (Å²) in [5.74, 6) is -0.532. The maximum Gasteiger partial charge on any atom is 0.200 e. The van der Waals surface area contributed by atoms with Gasteiger partial charge >= 0.3 is 0 Å². The predicted molar refractivity (Wildman–Crippen MR) is 113 cm³/mol.